The molecule has 0 aliphatic carbocycles. The maximum atomic E-state index is 11.8. The highest BCUT2D eigenvalue weighted by Gasteiger charge is 2.02. The molecule has 0 saturated carbocycles. The van der Waals surface area contributed by atoms with Crippen molar-refractivity contribution in [3.8, 4) is 0 Å². The number of carbonyl (C=O) groups excluding carboxylic acids is 1. The molecular formula is C14H12BrIN2O. The highest BCUT2D eigenvalue weighted by Crippen LogP contribution is 2.14. The number of halogens is 2. The van der Waals surface area contributed by atoms with Crippen LogP contribution in [0.3, 0.4) is 0 Å². The maximum Gasteiger partial charge on any atom is 0.243 e. The van der Waals surface area contributed by atoms with E-state index in [0.717, 1.165) is 19.4 Å². The second-order valence-electron chi connectivity index (χ2n) is 3.92. The van der Waals surface area contributed by atoms with Gasteiger partial charge in [0.15, 0.2) is 0 Å². The Bertz CT molecular complexity index is 555. The SMILES string of the molecule is O=C(CNc1ccc(Br)cc1)Nc1ccc(I)cc1. The van der Waals surface area contributed by atoms with Crippen LogP contribution >= 0.6 is 38.5 Å². The average molecular weight is 431 g/mol. The maximum absolute atomic E-state index is 11.8. The topological polar surface area (TPSA) is 41.1 Å². The third kappa shape index (κ3) is 4.83. The molecule has 0 heterocycles. The minimum Gasteiger partial charge on any atom is -0.376 e. The van der Waals surface area contributed by atoms with Crippen LogP contribution in [0.15, 0.2) is 53.0 Å². The number of hydrogen-bond acceptors (Lipinski definition) is 2. The summed E-state index contributed by atoms with van der Waals surface area (Å²) < 4.78 is 2.16. The van der Waals surface area contributed by atoms with Gasteiger partial charge >= 0.3 is 0 Å². The second-order valence-corrected chi connectivity index (χ2v) is 6.08. The van der Waals surface area contributed by atoms with Gasteiger partial charge in [0.1, 0.15) is 0 Å². The molecule has 0 atom stereocenters. The molecule has 2 aromatic rings. The van der Waals surface area contributed by atoms with Gasteiger partial charge in [0.2, 0.25) is 5.91 Å². The Morgan fingerprint density at radius 3 is 2.21 bits per heavy atom. The lowest BCUT2D eigenvalue weighted by Gasteiger charge is -2.08. The van der Waals surface area contributed by atoms with Crippen molar-refractivity contribution in [2.45, 2.75) is 0 Å². The molecule has 0 aromatic heterocycles. The molecule has 3 nitrogen and oxygen atoms in total. The molecular weight excluding hydrogens is 419 g/mol. The van der Waals surface area contributed by atoms with Gasteiger partial charge in [0.05, 0.1) is 6.54 Å². The van der Waals surface area contributed by atoms with E-state index < -0.39 is 0 Å². The molecule has 0 aliphatic rings. The van der Waals surface area contributed by atoms with Crippen molar-refractivity contribution < 1.29 is 4.79 Å². The standard InChI is InChI=1S/C14H12BrIN2O/c15-10-1-5-12(6-2-10)17-9-14(19)18-13-7-3-11(16)4-8-13/h1-8,17H,9H2,(H,18,19). The Labute approximate surface area is 134 Å². The van der Waals surface area contributed by atoms with Crippen molar-refractivity contribution in [3.63, 3.8) is 0 Å². The number of hydrogen-bond donors (Lipinski definition) is 2. The Kier molecular flexibility index (Phi) is 5.21. The number of anilines is 2. The summed E-state index contributed by atoms with van der Waals surface area (Å²) >= 11 is 5.60. The van der Waals surface area contributed by atoms with E-state index in [9.17, 15) is 4.79 Å². The zero-order valence-corrected chi connectivity index (χ0v) is 13.7. The molecule has 2 aromatic carbocycles. The van der Waals surface area contributed by atoms with Crippen molar-refractivity contribution in [1.82, 2.24) is 0 Å². The quantitative estimate of drug-likeness (QED) is 0.717. The minimum absolute atomic E-state index is 0.0656. The number of amides is 1. The van der Waals surface area contributed by atoms with Gasteiger partial charge in [0, 0.05) is 19.4 Å². The molecule has 2 rings (SSSR count). The van der Waals surface area contributed by atoms with Crippen LogP contribution < -0.4 is 10.6 Å². The van der Waals surface area contributed by atoms with Gasteiger partial charge in [-0.25, -0.2) is 0 Å². The van der Waals surface area contributed by atoms with E-state index in [-0.39, 0.29) is 12.5 Å². The molecule has 2 N–H and O–H groups in total. The number of benzene rings is 2. The highest BCUT2D eigenvalue weighted by atomic mass is 127. The van der Waals surface area contributed by atoms with Crippen LogP contribution in [-0.4, -0.2) is 12.5 Å². The first-order chi connectivity index (χ1) is 9.13. The predicted octanol–water partition coefficient (Wildman–Crippen LogP) is 4.10. The summed E-state index contributed by atoms with van der Waals surface area (Å²) in [6.07, 6.45) is 0. The van der Waals surface area contributed by atoms with Gasteiger partial charge in [-0.3, -0.25) is 4.79 Å². The van der Waals surface area contributed by atoms with Crippen molar-refractivity contribution in [3.05, 3.63) is 56.6 Å². The van der Waals surface area contributed by atoms with Gasteiger partial charge in [0.25, 0.3) is 0 Å². The summed E-state index contributed by atoms with van der Waals surface area (Å²) in [6, 6.07) is 15.4. The third-order valence-corrected chi connectivity index (χ3v) is 3.67. The molecule has 0 spiro atoms. The first-order valence-corrected chi connectivity index (χ1v) is 7.55. The monoisotopic (exact) mass is 430 g/mol. The molecule has 0 aliphatic heterocycles. The molecule has 98 valence electrons. The lowest BCUT2D eigenvalue weighted by molar-refractivity contribution is -0.114. The van der Waals surface area contributed by atoms with Crippen LogP contribution in [-0.2, 0) is 4.79 Å². The molecule has 1 amide bonds. The smallest absolute Gasteiger partial charge is 0.243 e. The van der Waals surface area contributed by atoms with Crippen LogP contribution in [0.1, 0.15) is 0 Å². The Morgan fingerprint density at radius 1 is 1.00 bits per heavy atom. The van der Waals surface area contributed by atoms with Gasteiger partial charge in [-0.05, 0) is 71.1 Å². The van der Waals surface area contributed by atoms with Gasteiger partial charge in [-0.15, -0.1) is 0 Å². The van der Waals surface area contributed by atoms with Gasteiger partial charge in [-0.2, -0.15) is 0 Å². The number of nitrogens with one attached hydrogen (secondary N) is 2. The van der Waals surface area contributed by atoms with Crippen LogP contribution in [0, 0.1) is 3.57 Å². The van der Waals surface area contributed by atoms with E-state index in [1.165, 1.54) is 0 Å². The molecule has 0 saturated heterocycles. The summed E-state index contributed by atoms with van der Waals surface area (Å²) in [5.41, 5.74) is 1.73. The van der Waals surface area contributed by atoms with E-state index >= 15 is 0 Å². The normalized spacial score (nSPS) is 10.0. The highest BCUT2D eigenvalue weighted by molar-refractivity contribution is 14.1. The van der Waals surface area contributed by atoms with Crippen molar-refractivity contribution in [1.29, 1.82) is 0 Å². The van der Waals surface area contributed by atoms with E-state index in [1.807, 2.05) is 48.5 Å². The van der Waals surface area contributed by atoms with Gasteiger partial charge in [-0.1, -0.05) is 15.9 Å². The first kappa shape index (κ1) is 14.3. The largest absolute Gasteiger partial charge is 0.376 e. The minimum atomic E-state index is -0.0656. The molecule has 0 fully saturated rings. The zero-order chi connectivity index (χ0) is 13.7. The molecule has 0 radical (unpaired) electrons. The van der Waals surface area contributed by atoms with E-state index in [1.54, 1.807) is 0 Å². The Hall–Kier alpha value is -1.08. The fraction of sp³-hybridized carbons (Fsp3) is 0.0714. The van der Waals surface area contributed by atoms with Crippen molar-refractivity contribution >= 4 is 55.8 Å². The molecule has 0 unspecified atom stereocenters. The van der Waals surface area contributed by atoms with E-state index in [4.69, 9.17) is 0 Å². The number of carbonyl (C=O) groups is 1. The van der Waals surface area contributed by atoms with E-state index in [0.29, 0.717) is 0 Å². The average Bonchev–Trinajstić information content (AvgIpc) is 2.41. The van der Waals surface area contributed by atoms with Crippen LogP contribution in [0.25, 0.3) is 0 Å². The Morgan fingerprint density at radius 2 is 1.58 bits per heavy atom. The summed E-state index contributed by atoms with van der Waals surface area (Å²) in [7, 11) is 0. The van der Waals surface area contributed by atoms with Crippen LogP contribution in [0.4, 0.5) is 11.4 Å². The third-order valence-electron chi connectivity index (χ3n) is 2.43. The molecule has 19 heavy (non-hydrogen) atoms. The summed E-state index contributed by atoms with van der Waals surface area (Å²) in [6.45, 7) is 0.244. The van der Waals surface area contributed by atoms with Crippen molar-refractivity contribution in [2.24, 2.45) is 0 Å². The van der Waals surface area contributed by atoms with Crippen LogP contribution in [0.2, 0.25) is 0 Å². The Balaban J connectivity index is 1.84. The van der Waals surface area contributed by atoms with Crippen molar-refractivity contribution in [2.75, 3.05) is 17.2 Å². The van der Waals surface area contributed by atoms with E-state index in [2.05, 4.69) is 49.2 Å². The predicted molar refractivity (Wildman–Crippen MR) is 90.4 cm³/mol. The lowest BCUT2D eigenvalue weighted by Crippen LogP contribution is -2.21. The molecule has 0 bridgehead atoms. The zero-order valence-electron chi connectivity index (χ0n) is 9.99. The fourth-order valence-electron chi connectivity index (χ4n) is 1.49. The summed E-state index contributed by atoms with van der Waals surface area (Å²) in [5.74, 6) is -0.0656. The fourth-order valence-corrected chi connectivity index (χ4v) is 2.11. The summed E-state index contributed by atoms with van der Waals surface area (Å²) in [4.78, 5) is 11.8. The first-order valence-electron chi connectivity index (χ1n) is 5.68. The van der Waals surface area contributed by atoms with Gasteiger partial charge < -0.3 is 10.6 Å². The lowest BCUT2D eigenvalue weighted by atomic mass is 10.3. The second kappa shape index (κ2) is 6.91. The summed E-state index contributed by atoms with van der Waals surface area (Å²) in [5, 5.41) is 5.91. The van der Waals surface area contributed by atoms with Crippen LogP contribution in [0.5, 0.6) is 0 Å². The number of rotatable bonds is 4. The molecule has 5 heteroatoms.